The smallest absolute Gasteiger partial charge is 0.149 e. The molecule has 0 bridgehead atoms. The molecular formula is C11H10N4O. The van der Waals surface area contributed by atoms with Gasteiger partial charge in [-0.15, -0.1) is 0 Å². The molecule has 0 aliphatic carbocycles. The van der Waals surface area contributed by atoms with Crippen LogP contribution in [0.15, 0.2) is 35.3 Å². The first-order chi connectivity index (χ1) is 7.79. The lowest BCUT2D eigenvalue weighted by atomic mass is 10.2. The molecular weight excluding hydrogens is 204 g/mol. The molecule has 0 unspecified atom stereocenters. The van der Waals surface area contributed by atoms with Gasteiger partial charge >= 0.3 is 0 Å². The van der Waals surface area contributed by atoms with Crippen LogP contribution in [0, 0.1) is 11.3 Å². The van der Waals surface area contributed by atoms with E-state index < -0.39 is 0 Å². The van der Waals surface area contributed by atoms with Crippen LogP contribution in [0.1, 0.15) is 11.1 Å². The molecule has 2 heterocycles. The fourth-order valence-corrected chi connectivity index (χ4v) is 1.27. The summed E-state index contributed by atoms with van der Waals surface area (Å²) in [5.74, 6) is 0.570. The first-order valence-corrected chi connectivity index (χ1v) is 4.70. The molecule has 2 aromatic rings. The van der Waals surface area contributed by atoms with E-state index in [2.05, 4.69) is 10.3 Å². The Morgan fingerprint density at radius 3 is 3.06 bits per heavy atom. The number of aromatic nitrogens is 1. The highest BCUT2D eigenvalue weighted by Gasteiger charge is 2.02. The van der Waals surface area contributed by atoms with Gasteiger partial charge in [-0.05, 0) is 12.1 Å². The number of anilines is 2. The Labute approximate surface area is 92.5 Å². The molecule has 0 spiro atoms. The van der Waals surface area contributed by atoms with Crippen molar-refractivity contribution in [2.75, 3.05) is 11.1 Å². The number of nitrogens with one attached hydrogen (secondary N) is 1. The summed E-state index contributed by atoms with van der Waals surface area (Å²) in [4.78, 5) is 4.06. The minimum absolute atomic E-state index is 0.450. The topological polar surface area (TPSA) is 87.9 Å². The molecule has 0 atom stereocenters. The van der Waals surface area contributed by atoms with Gasteiger partial charge in [0.05, 0.1) is 23.8 Å². The van der Waals surface area contributed by atoms with Gasteiger partial charge in [-0.1, -0.05) is 0 Å². The van der Waals surface area contributed by atoms with Gasteiger partial charge in [-0.3, -0.25) is 0 Å². The summed E-state index contributed by atoms with van der Waals surface area (Å²) >= 11 is 0. The van der Waals surface area contributed by atoms with E-state index in [0.717, 1.165) is 5.56 Å². The van der Waals surface area contributed by atoms with Gasteiger partial charge in [-0.25, -0.2) is 4.98 Å². The summed E-state index contributed by atoms with van der Waals surface area (Å²) in [6.07, 6.45) is 4.73. The molecule has 0 fully saturated rings. The third-order valence-electron chi connectivity index (χ3n) is 2.09. The van der Waals surface area contributed by atoms with E-state index >= 15 is 0 Å². The first-order valence-electron chi connectivity index (χ1n) is 4.70. The zero-order valence-electron chi connectivity index (χ0n) is 8.47. The van der Waals surface area contributed by atoms with Gasteiger partial charge in [0, 0.05) is 18.3 Å². The van der Waals surface area contributed by atoms with Crippen molar-refractivity contribution in [3.63, 3.8) is 0 Å². The SMILES string of the molecule is N#Cc1cnc(NCc2ccoc2)c(N)c1. The van der Waals surface area contributed by atoms with Crippen LogP contribution in [-0.4, -0.2) is 4.98 Å². The molecule has 2 rings (SSSR count). The number of nitrogen functional groups attached to an aromatic ring is 1. The van der Waals surface area contributed by atoms with Crippen molar-refractivity contribution in [2.24, 2.45) is 0 Å². The largest absolute Gasteiger partial charge is 0.472 e. The molecule has 3 N–H and O–H groups in total. The van der Waals surface area contributed by atoms with E-state index in [0.29, 0.717) is 23.6 Å². The second-order valence-corrected chi connectivity index (χ2v) is 3.26. The number of furan rings is 1. The van der Waals surface area contributed by atoms with Crippen molar-refractivity contribution in [3.8, 4) is 6.07 Å². The van der Waals surface area contributed by atoms with Gasteiger partial charge < -0.3 is 15.5 Å². The summed E-state index contributed by atoms with van der Waals surface area (Å²) in [6.45, 7) is 0.583. The van der Waals surface area contributed by atoms with E-state index in [1.165, 1.54) is 6.20 Å². The quantitative estimate of drug-likeness (QED) is 0.812. The van der Waals surface area contributed by atoms with E-state index in [1.54, 1.807) is 18.6 Å². The molecule has 5 heteroatoms. The highest BCUT2D eigenvalue weighted by molar-refractivity contribution is 5.63. The molecule has 0 aromatic carbocycles. The molecule has 0 saturated carbocycles. The van der Waals surface area contributed by atoms with Crippen LogP contribution in [0.4, 0.5) is 11.5 Å². The molecule has 5 nitrogen and oxygen atoms in total. The second-order valence-electron chi connectivity index (χ2n) is 3.26. The van der Waals surface area contributed by atoms with Crippen molar-refractivity contribution in [1.82, 2.24) is 4.98 Å². The summed E-state index contributed by atoms with van der Waals surface area (Å²) in [5, 5.41) is 11.7. The van der Waals surface area contributed by atoms with E-state index in [4.69, 9.17) is 15.4 Å². The van der Waals surface area contributed by atoms with Crippen LogP contribution >= 0.6 is 0 Å². The first kappa shape index (κ1) is 10.1. The van der Waals surface area contributed by atoms with E-state index in [9.17, 15) is 0 Å². The third-order valence-corrected chi connectivity index (χ3v) is 2.09. The number of nitriles is 1. The van der Waals surface area contributed by atoms with Crippen molar-refractivity contribution in [1.29, 1.82) is 5.26 Å². The zero-order chi connectivity index (χ0) is 11.4. The fraction of sp³-hybridized carbons (Fsp3) is 0.0909. The molecule has 16 heavy (non-hydrogen) atoms. The predicted molar refractivity (Wildman–Crippen MR) is 59.4 cm³/mol. The number of pyridine rings is 1. The van der Waals surface area contributed by atoms with Crippen LogP contribution in [0.3, 0.4) is 0 Å². The predicted octanol–water partition coefficient (Wildman–Crippen LogP) is 1.74. The third kappa shape index (κ3) is 2.12. The van der Waals surface area contributed by atoms with Crippen LogP contribution in [0.25, 0.3) is 0 Å². The molecule has 2 aromatic heterocycles. The maximum Gasteiger partial charge on any atom is 0.149 e. The molecule has 80 valence electrons. The van der Waals surface area contributed by atoms with Crippen molar-refractivity contribution < 1.29 is 4.42 Å². The second kappa shape index (κ2) is 4.36. The Balaban J connectivity index is 2.08. The number of rotatable bonds is 3. The maximum absolute atomic E-state index is 8.65. The standard InChI is InChI=1S/C11H10N4O/c12-4-9-3-10(13)11(15-6-9)14-5-8-1-2-16-7-8/h1-3,6-7H,5,13H2,(H,14,15). The summed E-state index contributed by atoms with van der Waals surface area (Å²) < 4.78 is 4.93. The number of hydrogen-bond acceptors (Lipinski definition) is 5. The monoisotopic (exact) mass is 214 g/mol. The number of nitrogens with zero attached hydrogens (tertiary/aromatic N) is 2. The average molecular weight is 214 g/mol. The molecule has 0 amide bonds. The molecule has 0 radical (unpaired) electrons. The minimum atomic E-state index is 0.450. The van der Waals surface area contributed by atoms with Gasteiger partial charge in [0.25, 0.3) is 0 Å². The summed E-state index contributed by atoms with van der Waals surface area (Å²) in [7, 11) is 0. The Kier molecular flexibility index (Phi) is 2.74. The van der Waals surface area contributed by atoms with Gasteiger partial charge in [0.2, 0.25) is 0 Å². The fourth-order valence-electron chi connectivity index (χ4n) is 1.27. The number of nitrogens with two attached hydrogens (primary N) is 1. The normalized spacial score (nSPS) is 9.69. The lowest BCUT2D eigenvalue weighted by molar-refractivity contribution is 0.564. The van der Waals surface area contributed by atoms with E-state index in [1.807, 2.05) is 12.1 Å². The van der Waals surface area contributed by atoms with E-state index in [-0.39, 0.29) is 0 Å². The zero-order valence-corrected chi connectivity index (χ0v) is 8.47. The van der Waals surface area contributed by atoms with Gasteiger partial charge in [0.1, 0.15) is 11.9 Å². The highest BCUT2D eigenvalue weighted by atomic mass is 16.3. The van der Waals surface area contributed by atoms with Crippen LogP contribution in [0.5, 0.6) is 0 Å². The Morgan fingerprint density at radius 1 is 1.56 bits per heavy atom. The van der Waals surface area contributed by atoms with Crippen LogP contribution in [-0.2, 0) is 6.54 Å². The van der Waals surface area contributed by atoms with Crippen LogP contribution < -0.4 is 11.1 Å². The lowest BCUT2D eigenvalue weighted by Gasteiger charge is -2.06. The summed E-state index contributed by atoms with van der Waals surface area (Å²) in [5.41, 5.74) is 7.65. The Hall–Kier alpha value is -2.48. The van der Waals surface area contributed by atoms with Gasteiger partial charge in [0.15, 0.2) is 0 Å². The molecule has 0 saturated heterocycles. The Bertz CT molecular complexity index is 513. The van der Waals surface area contributed by atoms with Crippen molar-refractivity contribution in [2.45, 2.75) is 6.54 Å². The number of hydrogen-bond donors (Lipinski definition) is 2. The average Bonchev–Trinajstić information content (AvgIpc) is 2.80. The van der Waals surface area contributed by atoms with Crippen LogP contribution in [0.2, 0.25) is 0 Å². The molecule has 0 aliphatic rings. The lowest BCUT2D eigenvalue weighted by Crippen LogP contribution is -2.04. The maximum atomic E-state index is 8.65. The highest BCUT2D eigenvalue weighted by Crippen LogP contribution is 2.16. The molecule has 0 aliphatic heterocycles. The minimum Gasteiger partial charge on any atom is -0.472 e. The van der Waals surface area contributed by atoms with Crippen molar-refractivity contribution in [3.05, 3.63) is 42.0 Å². The summed E-state index contributed by atoms with van der Waals surface area (Å²) in [6, 6.07) is 5.42. The Morgan fingerprint density at radius 2 is 2.44 bits per heavy atom. The van der Waals surface area contributed by atoms with Gasteiger partial charge in [-0.2, -0.15) is 5.26 Å². The van der Waals surface area contributed by atoms with Crippen molar-refractivity contribution >= 4 is 11.5 Å².